The summed E-state index contributed by atoms with van der Waals surface area (Å²) in [4.78, 5) is 10.4. The van der Waals surface area contributed by atoms with Gasteiger partial charge in [0.05, 0.1) is 4.90 Å². The molecule has 1 aromatic rings. The molecule has 0 atom stereocenters. The van der Waals surface area contributed by atoms with E-state index in [-0.39, 0.29) is 29.9 Å². The van der Waals surface area contributed by atoms with Gasteiger partial charge >= 0.3 is 5.97 Å². The first kappa shape index (κ1) is 16.1. The molecular formula is C14H15F2NO5S. The molecule has 0 unspecified atom stereocenters. The van der Waals surface area contributed by atoms with E-state index in [9.17, 15) is 22.0 Å². The Morgan fingerprint density at radius 3 is 2.35 bits per heavy atom. The van der Waals surface area contributed by atoms with Gasteiger partial charge in [0.2, 0.25) is 10.0 Å². The van der Waals surface area contributed by atoms with Crippen molar-refractivity contribution in [2.24, 2.45) is 5.41 Å². The molecule has 0 heterocycles. The molecule has 2 saturated carbocycles. The van der Waals surface area contributed by atoms with E-state index >= 15 is 0 Å². The SMILES string of the molecule is O=C(O)COc1ccc(S(=O)(=O)NC2CC3(C2)CC3(F)F)cc1. The van der Waals surface area contributed by atoms with Crippen molar-refractivity contribution in [3.05, 3.63) is 24.3 Å². The van der Waals surface area contributed by atoms with Gasteiger partial charge in [-0.3, -0.25) is 0 Å². The van der Waals surface area contributed by atoms with Gasteiger partial charge in [0.1, 0.15) is 5.75 Å². The van der Waals surface area contributed by atoms with Crippen molar-refractivity contribution in [3.8, 4) is 5.75 Å². The van der Waals surface area contributed by atoms with Crippen LogP contribution in [0.5, 0.6) is 5.75 Å². The van der Waals surface area contributed by atoms with E-state index in [4.69, 9.17) is 9.84 Å². The smallest absolute Gasteiger partial charge is 0.341 e. The van der Waals surface area contributed by atoms with Crippen molar-refractivity contribution < 1.29 is 31.8 Å². The standard InChI is InChI=1S/C14H15F2NO5S/c15-14(16)8-13(14)5-9(6-13)17-23(20,21)11-3-1-10(2-4-11)22-7-12(18)19/h1-4,9,17H,5-8H2,(H,18,19). The second-order valence-electron chi connectivity index (χ2n) is 6.04. The average Bonchev–Trinajstić information content (AvgIpc) is 2.99. The maximum atomic E-state index is 13.1. The van der Waals surface area contributed by atoms with E-state index in [1.165, 1.54) is 24.3 Å². The van der Waals surface area contributed by atoms with Gasteiger partial charge in [0.25, 0.3) is 5.92 Å². The van der Waals surface area contributed by atoms with Gasteiger partial charge in [0, 0.05) is 17.9 Å². The van der Waals surface area contributed by atoms with Crippen molar-refractivity contribution in [1.82, 2.24) is 4.72 Å². The minimum absolute atomic E-state index is 0.0244. The molecule has 23 heavy (non-hydrogen) atoms. The number of alkyl halides is 2. The predicted octanol–water partition coefficient (Wildman–Crippen LogP) is 1.62. The third-order valence-corrected chi connectivity index (χ3v) is 5.84. The Morgan fingerprint density at radius 1 is 1.30 bits per heavy atom. The molecule has 3 rings (SSSR count). The fourth-order valence-corrected chi connectivity index (χ4v) is 4.17. The number of carboxylic acids is 1. The summed E-state index contributed by atoms with van der Waals surface area (Å²) in [6, 6.07) is 4.76. The second-order valence-corrected chi connectivity index (χ2v) is 7.76. The van der Waals surface area contributed by atoms with E-state index in [0.717, 1.165) is 0 Å². The molecule has 0 radical (unpaired) electrons. The Bertz CT molecular complexity index is 726. The molecule has 0 aromatic heterocycles. The fourth-order valence-electron chi connectivity index (χ4n) is 2.94. The Morgan fingerprint density at radius 2 is 1.87 bits per heavy atom. The predicted molar refractivity (Wildman–Crippen MR) is 74.9 cm³/mol. The van der Waals surface area contributed by atoms with Gasteiger partial charge in [-0.1, -0.05) is 0 Å². The molecule has 2 N–H and O–H groups in total. The maximum Gasteiger partial charge on any atom is 0.341 e. The van der Waals surface area contributed by atoms with Crippen LogP contribution in [-0.2, 0) is 14.8 Å². The summed E-state index contributed by atoms with van der Waals surface area (Å²) >= 11 is 0. The lowest BCUT2D eigenvalue weighted by molar-refractivity contribution is -0.139. The molecule has 0 aliphatic heterocycles. The largest absolute Gasteiger partial charge is 0.482 e. The molecule has 1 aromatic carbocycles. The fraction of sp³-hybridized carbons (Fsp3) is 0.500. The van der Waals surface area contributed by atoms with Crippen LogP contribution >= 0.6 is 0 Å². The van der Waals surface area contributed by atoms with Crippen LogP contribution in [0.25, 0.3) is 0 Å². The summed E-state index contributed by atoms with van der Waals surface area (Å²) in [6.07, 6.45) is 0.145. The van der Waals surface area contributed by atoms with Gasteiger partial charge in [-0.25, -0.2) is 26.7 Å². The van der Waals surface area contributed by atoms with Gasteiger partial charge in [-0.15, -0.1) is 0 Å². The maximum absolute atomic E-state index is 13.1. The van der Waals surface area contributed by atoms with E-state index in [1.807, 2.05) is 0 Å². The molecule has 0 amide bonds. The molecule has 0 bridgehead atoms. The van der Waals surface area contributed by atoms with Crippen molar-refractivity contribution in [1.29, 1.82) is 0 Å². The van der Waals surface area contributed by atoms with E-state index in [0.29, 0.717) is 0 Å². The highest BCUT2D eigenvalue weighted by Gasteiger charge is 2.75. The van der Waals surface area contributed by atoms with Crippen molar-refractivity contribution >= 4 is 16.0 Å². The summed E-state index contributed by atoms with van der Waals surface area (Å²) in [7, 11) is -3.79. The quantitative estimate of drug-likeness (QED) is 0.816. The van der Waals surface area contributed by atoms with Crippen LogP contribution in [-0.4, -0.2) is 38.1 Å². The Hall–Kier alpha value is -1.74. The van der Waals surface area contributed by atoms with Crippen LogP contribution in [0.2, 0.25) is 0 Å². The molecular weight excluding hydrogens is 332 g/mol. The van der Waals surface area contributed by atoms with Crippen LogP contribution in [0.4, 0.5) is 8.78 Å². The van der Waals surface area contributed by atoms with Crippen LogP contribution in [0, 0.1) is 5.41 Å². The van der Waals surface area contributed by atoms with Gasteiger partial charge in [-0.2, -0.15) is 0 Å². The summed E-state index contributed by atoms with van der Waals surface area (Å²) in [5, 5.41) is 8.49. The number of hydrogen-bond donors (Lipinski definition) is 2. The van der Waals surface area contributed by atoms with Crippen LogP contribution < -0.4 is 9.46 Å². The highest BCUT2D eigenvalue weighted by Crippen LogP contribution is 2.71. The van der Waals surface area contributed by atoms with Gasteiger partial charge < -0.3 is 9.84 Å². The average molecular weight is 347 g/mol. The second kappa shape index (κ2) is 5.13. The number of aliphatic carboxylic acids is 1. The lowest BCUT2D eigenvalue weighted by atomic mass is 9.77. The van der Waals surface area contributed by atoms with Gasteiger partial charge in [0.15, 0.2) is 6.61 Å². The molecule has 1 spiro atoms. The highest BCUT2D eigenvalue weighted by molar-refractivity contribution is 7.89. The molecule has 2 aliphatic rings. The number of carboxylic acid groups (broad SMARTS) is 1. The highest BCUT2D eigenvalue weighted by atomic mass is 32.2. The monoisotopic (exact) mass is 347 g/mol. The number of carbonyl (C=O) groups is 1. The third-order valence-electron chi connectivity index (χ3n) is 4.30. The number of nitrogens with one attached hydrogen (secondary N) is 1. The first-order chi connectivity index (χ1) is 10.6. The normalized spacial score (nSPS) is 28.2. The third kappa shape index (κ3) is 3.02. The molecule has 2 aliphatic carbocycles. The molecule has 9 heteroatoms. The minimum Gasteiger partial charge on any atom is -0.482 e. The molecule has 6 nitrogen and oxygen atoms in total. The van der Waals surface area contributed by atoms with Crippen LogP contribution in [0.1, 0.15) is 19.3 Å². The zero-order chi connectivity index (χ0) is 16.9. The van der Waals surface area contributed by atoms with Crippen molar-refractivity contribution in [2.45, 2.75) is 36.1 Å². The number of sulfonamides is 1. The first-order valence-corrected chi connectivity index (χ1v) is 8.47. The Balaban J connectivity index is 1.59. The van der Waals surface area contributed by atoms with Gasteiger partial charge in [-0.05, 0) is 37.1 Å². The number of benzene rings is 1. The molecule has 0 saturated heterocycles. The molecule has 2 fully saturated rings. The summed E-state index contributed by atoms with van der Waals surface area (Å²) in [6.45, 7) is -0.525. The lowest BCUT2D eigenvalue weighted by Gasteiger charge is -2.36. The van der Waals surface area contributed by atoms with Crippen LogP contribution in [0.3, 0.4) is 0 Å². The van der Waals surface area contributed by atoms with Crippen LogP contribution in [0.15, 0.2) is 29.2 Å². The summed E-state index contributed by atoms with van der Waals surface area (Å²) < 4.78 is 57.9. The number of halogens is 2. The Labute approximate surface area is 131 Å². The van der Waals surface area contributed by atoms with Crippen molar-refractivity contribution in [3.63, 3.8) is 0 Å². The topological polar surface area (TPSA) is 92.7 Å². The van der Waals surface area contributed by atoms with E-state index < -0.39 is 40.0 Å². The number of rotatable bonds is 6. The number of hydrogen-bond acceptors (Lipinski definition) is 4. The Kier molecular flexibility index (Phi) is 3.60. The van der Waals surface area contributed by atoms with E-state index in [2.05, 4.69) is 4.72 Å². The summed E-state index contributed by atoms with van der Waals surface area (Å²) in [5.74, 6) is -3.57. The number of ether oxygens (including phenoxy) is 1. The molecule has 126 valence electrons. The zero-order valence-electron chi connectivity index (χ0n) is 12.0. The zero-order valence-corrected chi connectivity index (χ0v) is 12.8. The van der Waals surface area contributed by atoms with E-state index in [1.54, 1.807) is 0 Å². The first-order valence-electron chi connectivity index (χ1n) is 6.98. The van der Waals surface area contributed by atoms with Crippen molar-refractivity contribution in [2.75, 3.05) is 6.61 Å². The minimum atomic E-state index is -3.79. The summed E-state index contributed by atoms with van der Waals surface area (Å²) in [5.41, 5.74) is -0.991. The lowest BCUT2D eigenvalue weighted by Crippen LogP contribution is -2.47.